The lowest BCUT2D eigenvalue weighted by Crippen LogP contribution is -2.48. The molecule has 25 heavy (non-hydrogen) atoms. The first kappa shape index (κ1) is 19.2. The van der Waals surface area contributed by atoms with E-state index in [-0.39, 0.29) is 29.6 Å². The van der Waals surface area contributed by atoms with Gasteiger partial charge in [-0.15, -0.1) is 22.6 Å². The van der Waals surface area contributed by atoms with Crippen LogP contribution in [0.4, 0.5) is 5.69 Å². The Hall–Kier alpha value is -2.17. The van der Waals surface area contributed by atoms with Crippen molar-refractivity contribution in [2.24, 2.45) is 13.0 Å². The molecule has 1 aromatic carbocycles. The smallest absolute Gasteiger partial charge is 0.284 e. The van der Waals surface area contributed by atoms with E-state index in [1.807, 2.05) is 0 Å². The van der Waals surface area contributed by atoms with Gasteiger partial charge in [0.2, 0.25) is 0 Å². The highest BCUT2D eigenvalue weighted by atomic mass is 35.5. The van der Waals surface area contributed by atoms with E-state index < -0.39 is 4.92 Å². The number of aryl methyl sites for hydroxylation is 1. The van der Waals surface area contributed by atoms with Crippen LogP contribution in [0.1, 0.15) is 10.4 Å². The third-order valence-corrected chi connectivity index (χ3v) is 4.82. The molecule has 0 bridgehead atoms. The Morgan fingerprint density at radius 1 is 1.52 bits per heavy atom. The van der Waals surface area contributed by atoms with Crippen LogP contribution in [0.15, 0.2) is 34.6 Å². The summed E-state index contributed by atoms with van der Waals surface area (Å²) < 4.78 is 1.67. The van der Waals surface area contributed by atoms with Gasteiger partial charge >= 0.3 is 0 Å². The number of halogens is 1. The lowest BCUT2D eigenvalue weighted by Gasteiger charge is -2.27. The van der Waals surface area contributed by atoms with Crippen molar-refractivity contribution in [3.63, 3.8) is 0 Å². The number of rotatable bonds is 6. The Morgan fingerprint density at radius 3 is 2.84 bits per heavy atom. The molecule has 2 aromatic rings. The van der Waals surface area contributed by atoms with Crippen LogP contribution in [0.5, 0.6) is 0 Å². The summed E-state index contributed by atoms with van der Waals surface area (Å²) in [5.41, 5.74) is 0.150. The topological polar surface area (TPSA) is 115 Å². The second-order valence-corrected chi connectivity index (χ2v) is 6.51. The number of benzene rings is 1. The quantitative estimate of drug-likeness (QED) is 0.568. The molecule has 3 rings (SSSR count). The van der Waals surface area contributed by atoms with E-state index >= 15 is 0 Å². The van der Waals surface area contributed by atoms with Crippen molar-refractivity contribution in [1.29, 1.82) is 0 Å². The van der Waals surface area contributed by atoms with Crippen molar-refractivity contribution in [1.82, 2.24) is 25.4 Å². The summed E-state index contributed by atoms with van der Waals surface area (Å²) in [6.07, 6.45) is 1.52. The monoisotopic (exact) mass is 384 g/mol. The van der Waals surface area contributed by atoms with E-state index in [4.69, 9.17) is 0 Å². The highest BCUT2D eigenvalue weighted by Gasteiger charge is 2.21. The number of aromatic nitrogens is 3. The van der Waals surface area contributed by atoms with Gasteiger partial charge in [0, 0.05) is 44.2 Å². The van der Waals surface area contributed by atoms with Crippen molar-refractivity contribution in [2.45, 2.75) is 10.1 Å². The molecule has 1 fully saturated rings. The molecule has 0 saturated carbocycles. The predicted octanol–water partition coefficient (Wildman–Crippen LogP) is 1.25. The number of nitrogens with zero attached hydrogens (tertiary/aromatic N) is 4. The number of hydrogen-bond acceptors (Lipinski definition) is 7. The number of carbonyl (C=O) groups is 1. The summed E-state index contributed by atoms with van der Waals surface area (Å²) in [6, 6.07) is 4.45. The minimum atomic E-state index is -0.495. The maximum Gasteiger partial charge on any atom is 0.284 e. The van der Waals surface area contributed by atoms with Crippen LogP contribution >= 0.6 is 24.2 Å². The highest BCUT2D eigenvalue weighted by Crippen LogP contribution is 2.34. The number of nitrogens with one attached hydrogen (secondary N) is 2. The first-order valence-corrected chi connectivity index (χ1v) is 8.15. The molecule has 9 nitrogen and oxygen atoms in total. The zero-order chi connectivity index (χ0) is 17.1. The third-order valence-electron chi connectivity index (χ3n) is 3.71. The second-order valence-electron chi connectivity index (χ2n) is 5.50. The standard InChI is InChI=1S/C14H16N6O3S.ClH/c1-19-8-17-18-14(19)24-12-3-2-10(4-11(12)20(22)23)13(21)16-7-9-5-15-6-9;/h2-4,8-9,15H,5-7H2,1H3,(H,16,21);1H. The maximum absolute atomic E-state index is 12.2. The zero-order valence-electron chi connectivity index (χ0n) is 13.3. The molecule has 11 heteroatoms. The molecule has 1 saturated heterocycles. The van der Waals surface area contributed by atoms with Crippen molar-refractivity contribution in [3.8, 4) is 0 Å². The van der Waals surface area contributed by atoms with Gasteiger partial charge in [-0.05, 0) is 23.9 Å². The molecule has 1 aromatic heterocycles. The van der Waals surface area contributed by atoms with E-state index in [0.29, 0.717) is 22.5 Å². The van der Waals surface area contributed by atoms with Gasteiger partial charge in [0.05, 0.1) is 9.82 Å². The molecule has 1 amide bonds. The second kappa shape index (κ2) is 8.28. The number of nitro groups is 1. The lowest BCUT2D eigenvalue weighted by molar-refractivity contribution is -0.387. The molecule has 1 aliphatic heterocycles. The summed E-state index contributed by atoms with van der Waals surface area (Å²) >= 11 is 1.13. The average Bonchev–Trinajstić information content (AvgIpc) is 2.91. The minimum absolute atomic E-state index is 0. The fourth-order valence-corrected chi connectivity index (χ4v) is 3.03. The van der Waals surface area contributed by atoms with Gasteiger partial charge in [0.1, 0.15) is 6.33 Å². The number of carbonyl (C=O) groups excluding carboxylic acids is 1. The van der Waals surface area contributed by atoms with E-state index in [1.54, 1.807) is 23.7 Å². The summed E-state index contributed by atoms with van der Waals surface area (Å²) in [7, 11) is 1.76. The molecule has 0 unspecified atom stereocenters. The number of hydrogen-bond donors (Lipinski definition) is 2. The van der Waals surface area contributed by atoms with Crippen molar-refractivity contribution >= 4 is 35.8 Å². The van der Waals surface area contributed by atoms with Crippen molar-refractivity contribution in [2.75, 3.05) is 19.6 Å². The summed E-state index contributed by atoms with van der Waals surface area (Å²) in [4.78, 5) is 23.4. The van der Waals surface area contributed by atoms with Gasteiger partial charge in [0.25, 0.3) is 11.6 Å². The van der Waals surface area contributed by atoms with E-state index in [1.165, 1.54) is 12.4 Å². The van der Waals surface area contributed by atoms with Crippen molar-refractivity contribution in [3.05, 3.63) is 40.2 Å². The van der Waals surface area contributed by atoms with Gasteiger partial charge in [-0.25, -0.2) is 0 Å². The molecule has 134 valence electrons. The van der Waals surface area contributed by atoms with Crippen LogP contribution in [-0.2, 0) is 7.05 Å². The Labute approximate surface area is 154 Å². The van der Waals surface area contributed by atoms with E-state index in [2.05, 4.69) is 20.8 Å². The molecule has 1 aliphatic rings. The number of nitro benzene ring substituents is 1. The molecule has 0 aliphatic carbocycles. The third kappa shape index (κ3) is 4.47. The Morgan fingerprint density at radius 2 is 2.28 bits per heavy atom. The van der Waals surface area contributed by atoms with Crippen LogP contribution in [0.25, 0.3) is 0 Å². The lowest BCUT2D eigenvalue weighted by atomic mass is 10.0. The predicted molar refractivity (Wildman–Crippen MR) is 94.2 cm³/mol. The highest BCUT2D eigenvalue weighted by molar-refractivity contribution is 7.99. The molecular weight excluding hydrogens is 368 g/mol. The van der Waals surface area contributed by atoms with E-state index in [0.717, 1.165) is 24.9 Å². The molecule has 2 N–H and O–H groups in total. The first-order valence-electron chi connectivity index (χ1n) is 7.34. The fourth-order valence-electron chi connectivity index (χ4n) is 2.18. The fraction of sp³-hybridized carbons (Fsp3) is 0.357. The summed E-state index contributed by atoms with van der Waals surface area (Å²) in [5, 5.41) is 25.5. The van der Waals surface area contributed by atoms with E-state index in [9.17, 15) is 14.9 Å². The van der Waals surface area contributed by atoms with Crippen LogP contribution in [0.2, 0.25) is 0 Å². The Bertz CT molecular complexity index is 780. The van der Waals surface area contributed by atoms with Gasteiger partial charge < -0.3 is 15.2 Å². The SMILES string of the molecule is Cl.Cn1cnnc1Sc1ccc(C(=O)NCC2CNC2)cc1[N+](=O)[O-]. The number of amides is 1. The average molecular weight is 385 g/mol. The Balaban J connectivity index is 0.00000225. The van der Waals surface area contributed by atoms with Gasteiger partial charge in [-0.2, -0.15) is 0 Å². The van der Waals surface area contributed by atoms with Gasteiger partial charge in [-0.3, -0.25) is 14.9 Å². The first-order chi connectivity index (χ1) is 11.5. The molecule has 0 radical (unpaired) electrons. The largest absolute Gasteiger partial charge is 0.352 e. The van der Waals surface area contributed by atoms with Gasteiger partial charge in [0.15, 0.2) is 5.16 Å². The zero-order valence-corrected chi connectivity index (χ0v) is 15.0. The van der Waals surface area contributed by atoms with Crippen LogP contribution in [0.3, 0.4) is 0 Å². The van der Waals surface area contributed by atoms with Crippen LogP contribution in [-0.4, -0.2) is 45.2 Å². The van der Waals surface area contributed by atoms with Gasteiger partial charge in [-0.1, -0.05) is 0 Å². The normalized spacial score (nSPS) is 13.6. The minimum Gasteiger partial charge on any atom is -0.352 e. The van der Waals surface area contributed by atoms with Crippen molar-refractivity contribution < 1.29 is 9.72 Å². The molecular formula is C14H17ClN6O3S. The maximum atomic E-state index is 12.2. The Kier molecular flexibility index (Phi) is 6.34. The molecule has 0 spiro atoms. The van der Waals surface area contributed by atoms with Crippen LogP contribution in [0, 0.1) is 16.0 Å². The summed E-state index contributed by atoms with van der Waals surface area (Å²) in [6.45, 7) is 2.33. The molecule has 2 heterocycles. The van der Waals surface area contributed by atoms with Crippen LogP contribution < -0.4 is 10.6 Å². The molecule has 0 atom stereocenters. The summed E-state index contributed by atoms with van der Waals surface area (Å²) in [5.74, 6) is 0.120.